The molecule has 0 aromatic heterocycles. The van der Waals surface area contributed by atoms with E-state index in [1.165, 1.54) is 45.2 Å². The van der Waals surface area contributed by atoms with Crippen molar-refractivity contribution in [1.29, 1.82) is 0 Å². The lowest BCUT2D eigenvalue weighted by Gasteiger charge is -2.46. The summed E-state index contributed by atoms with van der Waals surface area (Å²) in [4.78, 5) is 2.66. The van der Waals surface area contributed by atoms with Gasteiger partial charge in [0, 0.05) is 31.2 Å². The maximum atomic E-state index is 3.92. The first-order valence-corrected chi connectivity index (χ1v) is 7.25. The maximum absolute atomic E-state index is 3.92. The number of hydrogen-bond acceptors (Lipinski definition) is 2. The van der Waals surface area contributed by atoms with Gasteiger partial charge in [0.25, 0.3) is 0 Å². The van der Waals surface area contributed by atoms with Gasteiger partial charge in [0.1, 0.15) is 0 Å². The third-order valence-corrected chi connectivity index (χ3v) is 4.40. The molecule has 2 rings (SSSR count). The summed E-state index contributed by atoms with van der Waals surface area (Å²) >= 11 is 0. The van der Waals surface area contributed by atoms with Gasteiger partial charge in [-0.05, 0) is 25.2 Å². The third-order valence-electron chi connectivity index (χ3n) is 4.40. The van der Waals surface area contributed by atoms with Crippen molar-refractivity contribution < 1.29 is 0 Å². The van der Waals surface area contributed by atoms with Crippen LogP contribution in [0.3, 0.4) is 0 Å². The molecule has 0 aromatic carbocycles. The summed E-state index contributed by atoms with van der Waals surface area (Å²) in [6, 6.07) is 0.708. The second-order valence-corrected chi connectivity index (χ2v) is 6.37. The van der Waals surface area contributed by atoms with Gasteiger partial charge in [-0.25, -0.2) is 0 Å². The number of hydrogen-bond donors (Lipinski definition) is 1. The monoisotopic (exact) mass is 236 g/mol. The molecule has 1 heterocycles. The highest BCUT2D eigenvalue weighted by molar-refractivity contribution is 5.02. The van der Waals surface area contributed by atoms with Crippen molar-refractivity contribution in [2.45, 2.75) is 57.5 Å². The van der Waals surface area contributed by atoms with Gasteiger partial charge in [0.2, 0.25) is 0 Å². The molecule has 1 aliphatic heterocycles. The highest BCUT2D eigenvalue weighted by Crippen LogP contribution is 2.33. The Bertz CT molecular complexity index is 254. The van der Waals surface area contributed by atoms with E-state index in [0.29, 0.717) is 11.6 Å². The standard InChI is InChI=1S/C15H28N2/c1-4-9-17-12-15(7-5-6-8-15)16-11-14(17)10-13(2)3/h4,13-14,16H,1,5-12H2,2-3H3. The van der Waals surface area contributed by atoms with Crippen molar-refractivity contribution in [3.05, 3.63) is 12.7 Å². The van der Waals surface area contributed by atoms with Crippen molar-refractivity contribution in [2.24, 2.45) is 5.92 Å². The fourth-order valence-corrected chi connectivity index (χ4v) is 3.58. The van der Waals surface area contributed by atoms with E-state index in [9.17, 15) is 0 Å². The molecule has 0 radical (unpaired) electrons. The van der Waals surface area contributed by atoms with Crippen LogP contribution >= 0.6 is 0 Å². The molecule has 0 amide bonds. The largest absolute Gasteiger partial charge is 0.308 e. The van der Waals surface area contributed by atoms with E-state index in [4.69, 9.17) is 0 Å². The van der Waals surface area contributed by atoms with Gasteiger partial charge in [-0.15, -0.1) is 6.58 Å². The third kappa shape index (κ3) is 3.11. The zero-order chi connectivity index (χ0) is 12.3. The summed E-state index contributed by atoms with van der Waals surface area (Å²) in [6.07, 6.45) is 8.93. The van der Waals surface area contributed by atoms with Crippen LogP contribution in [0.5, 0.6) is 0 Å². The van der Waals surface area contributed by atoms with Crippen molar-refractivity contribution in [3.63, 3.8) is 0 Å². The summed E-state index contributed by atoms with van der Waals surface area (Å²) in [6.45, 7) is 12.0. The van der Waals surface area contributed by atoms with Gasteiger partial charge in [-0.2, -0.15) is 0 Å². The Kier molecular flexibility index (Phi) is 4.26. The van der Waals surface area contributed by atoms with Gasteiger partial charge >= 0.3 is 0 Å². The predicted octanol–water partition coefficient (Wildman–Crippen LogP) is 2.81. The van der Waals surface area contributed by atoms with Gasteiger partial charge < -0.3 is 5.32 Å². The maximum Gasteiger partial charge on any atom is 0.0309 e. The fourth-order valence-electron chi connectivity index (χ4n) is 3.58. The van der Waals surface area contributed by atoms with Crippen LogP contribution in [0, 0.1) is 5.92 Å². The Morgan fingerprint density at radius 1 is 1.41 bits per heavy atom. The van der Waals surface area contributed by atoms with Crippen LogP contribution in [-0.4, -0.2) is 36.1 Å². The topological polar surface area (TPSA) is 15.3 Å². The van der Waals surface area contributed by atoms with E-state index in [0.717, 1.165) is 12.5 Å². The van der Waals surface area contributed by atoms with E-state index in [1.54, 1.807) is 0 Å². The molecule has 17 heavy (non-hydrogen) atoms. The average Bonchev–Trinajstić information content (AvgIpc) is 2.71. The van der Waals surface area contributed by atoms with Crippen LogP contribution in [0.15, 0.2) is 12.7 Å². The highest BCUT2D eigenvalue weighted by atomic mass is 15.3. The summed E-state index contributed by atoms with van der Waals surface area (Å²) in [5, 5.41) is 3.86. The van der Waals surface area contributed by atoms with Crippen LogP contribution in [0.4, 0.5) is 0 Å². The normalized spacial score (nSPS) is 29.0. The molecule has 0 aromatic rings. The minimum atomic E-state index is 0.441. The Labute approximate surface area is 106 Å². The summed E-state index contributed by atoms with van der Waals surface area (Å²) < 4.78 is 0. The van der Waals surface area contributed by atoms with E-state index in [2.05, 4.69) is 36.7 Å². The van der Waals surface area contributed by atoms with Crippen LogP contribution < -0.4 is 5.32 Å². The lowest BCUT2D eigenvalue weighted by atomic mass is 9.90. The molecule has 1 atom stereocenters. The molecular formula is C15H28N2. The molecule has 2 nitrogen and oxygen atoms in total. The molecule has 1 saturated carbocycles. The molecular weight excluding hydrogens is 208 g/mol. The van der Waals surface area contributed by atoms with E-state index in [-0.39, 0.29) is 0 Å². The molecule has 1 aliphatic carbocycles. The second-order valence-electron chi connectivity index (χ2n) is 6.37. The molecule has 0 bridgehead atoms. The zero-order valence-corrected chi connectivity index (χ0v) is 11.5. The lowest BCUT2D eigenvalue weighted by molar-refractivity contribution is 0.0799. The highest BCUT2D eigenvalue weighted by Gasteiger charge is 2.40. The molecule has 98 valence electrons. The van der Waals surface area contributed by atoms with Crippen molar-refractivity contribution in [1.82, 2.24) is 10.2 Å². The Balaban J connectivity index is 1.99. The quantitative estimate of drug-likeness (QED) is 0.755. The summed E-state index contributed by atoms with van der Waals surface area (Å²) in [5.74, 6) is 0.784. The second kappa shape index (κ2) is 5.53. The summed E-state index contributed by atoms with van der Waals surface area (Å²) in [7, 11) is 0. The summed E-state index contributed by atoms with van der Waals surface area (Å²) in [5.41, 5.74) is 0.441. The van der Waals surface area contributed by atoms with Crippen LogP contribution in [0.2, 0.25) is 0 Å². The Morgan fingerprint density at radius 2 is 2.12 bits per heavy atom. The van der Waals surface area contributed by atoms with Crippen LogP contribution in [0.25, 0.3) is 0 Å². The minimum Gasteiger partial charge on any atom is -0.308 e. The van der Waals surface area contributed by atoms with Gasteiger partial charge in [0.05, 0.1) is 0 Å². The Hall–Kier alpha value is -0.340. The molecule has 1 unspecified atom stereocenters. The van der Waals surface area contributed by atoms with Gasteiger partial charge in [-0.1, -0.05) is 32.8 Å². The first-order chi connectivity index (χ1) is 8.15. The van der Waals surface area contributed by atoms with Gasteiger partial charge in [-0.3, -0.25) is 4.90 Å². The smallest absolute Gasteiger partial charge is 0.0309 e. The van der Waals surface area contributed by atoms with Gasteiger partial charge in [0.15, 0.2) is 0 Å². The SMILES string of the molecule is C=CCN1CC2(CCCC2)NCC1CC(C)C. The molecule has 1 spiro atoms. The van der Waals surface area contributed by atoms with Crippen molar-refractivity contribution in [3.8, 4) is 0 Å². The number of nitrogens with zero attached hydrogens (tertiary/aromatic N) is 1. The predicted molar refractivity (Wildman–Crippen MR) is 74.2 cm³/mol. The van der Waals surface area contributed by atoms with Crippen LogP contribution in [-0.2, 0) is 0 Å². The van der Waals surface area contributed by atoms with E-state index in [1.807, 2.05) is 0 Å². The average molecular weight is 236 g/mol. The van der Waals surface area contributed by atoms with E-state index >= 15 is 0 Å². The van der Waals surface area contributed by atoms with Crippen molar-refractivity contribution in [2.75, 3.05) is 19.6 Å². The number of nitrogens with one attached hydrogen (secondary N) is 1. The number of rotatable bonds is 4. The Morgan fingerprint density at radius 3 is 2.71 bits per heavy atom. The first kappa shape index (κ1) is 13.1. The molecule has 1 N–H and O–H groups in total. The minimum absolute atomic E-state index is 0.441. The van der Waals surface area contributed by atoms with Crippen LogP contribution in [0.1, 0.15) is 46.0 Å². The molecule has 2 aliphatic rings. The lowest BCUT2D eigenvalue weighted by Crippen LogP contribution is -2.63. The molecule has 2 heteroatoms. The fraction of sp³-hybridized carbons (Fsp3) is 0.867. The molecule has 2 fully saturated rings. The zero-order valence-electron chi connectivity index (χ0n) is 11.5. The number of piperazine rings is 1. The molecule has 1 saturated heterocycles. The van der Waals surface area contributed by atoms with E-state index < -0.39 is 0 Å². The first-order valence-electron chi connectivity index (χ1n) is 7.25. The van der Waals surface area contributed by atoms with Crippen molar-refractivity contribution >= 4 is 0 Å².